The summed E-state index contributed by atoms with van der Waals surface area (Å²) in [5.41, 5.74) is 0. The highest BCUT2D eigenvalue weighted by Gasteiger charge is 2.15. The summed E-state index contributed by atoms with van der Waals surface area (Å²) in [6.07, 6.45) is 5.29. The Morgan fingerprint density at radius 3 is 3.29 bits per heavy atom. The lowest BCUT2D eigenvalue weighted by Crippen LogP contribution is -2.11. The summed E-state index contributed by atoms with van der Waals surface area (Å²) >= 11 is 0. The van der Waals surface area contributed by atoms with Crippen LogP contribution >= 0.6 is 0 Å². The molecular weight excluding hydrogens is 176 g/mol. The van der Waals surface area contributed by atoms with Gasteiger partial charge in [-0.1, -0.05) is 0 Å². The van der Waals surface area contributed by atoms with Crippen LogP contribution in [0.2, 0.25) is 0 Å². The molecule has 0 aromatic carbocycles. The third-order valence-corrected chi connectivity index (χ3v) is 2.93. The number of nitrogens with one attached hydrogen (secondary N) is 1. The number of hydrogen-bond donors (Lipinski definition) is 1. The van der Waals surface area contributed by atoms with Crippen LogP contribution in [0.4, 0.5) is 0 Å². The highest BCUT2D eigenvalue weighted by Crippen LogP contribution is 2.14. The van der Waals surface area contributed by atoms with Crippen molar-refractivity contribution in [3.63, 3.8) is 0 Å². The molecule has 1 saturated heterocycles. The minimum absolute atomic E-state index is 0.844. The quantitative estimate of drug-likeness (QED) is 0.772. The highest BCUT2D eigenvalue weighted by molar-refractivity contribution is 4.86. The van der Waals surface area contributed by atoms with Gasteiger partial charge in [-0.05, 0) is 38.8 Å². The topological polar surface area (TPSA) is 42.7 Å². The lowest BCUT2D eigenvalue weighted by molar-refractivity contribution is 0.506. The average Bonchev–Trinajstić information content (AvgIpc) is 2.85. The number of nitrogens with zero attached hydrogens (tertiary/aromatic N) is 3. The van der Waals surface area contributed by atoms with Crippen molar-refractivity contribution in [2.24, 2.45) is 5.92 Å². The summed E-state index contributed by atoms with van der Waals surface area (Å²) in [6.45, 7) is 5.40. The number of aryl methyl sites for hydroxylation is 2. The van der Waals surface area contributed by atoms with Crippen molar-refractivity contribution in [2.75, 3.05) is 13.1 Å². The molecule has 14 heavy (non-hydrogen) atoms. The lowest BCUT2D eigenvalue weighted by atomic mass is 10.0. The van der Waals surface area contributed by atoms with Crippen LogP contribution in [-0.2, 0) is 13.0 Å². The zero-order valence-electron chi connectivity index (χ0n) is 8.74. The lowest BCUT2D eigenvalue weighted by Gasteiger charge is -2.07. The van der Waals surface area contributed by atoms with Gasteiger partial charge in [0.25, 0.3) is 0 Å². The Hall–Kier alpha value is -0.900. The second-order valence-corrected chi connectivity index (χ2v) is 3.89. The fourth-order valence-electron chi connectivity index (χ4n) is 2.04. The molecule has 0 aliphatic carbocycles. The average molecular weight is 194 g/mol. The van der Waals surface area contributed by atoms with Gasteiger partial charge in [0.2, 0.25) is 0 Å². The van der Waals surface area contributed by atoms with Crippen molar-refractivity contribution in [3.05, 3.63) is 12.2 Å². The summed E-state index contributed by atoms with van der Waals surface area (Å²) in [5.74, 6) is 1.98. The molecule has 1 aromatic rings. The summed E-state index contributed by atoms with van der Waals surface area (Å²) in [4.78, 5) is 4.28. The minimum atomic E-state index is 0.844. The molecule has 0 saturated carbocycles. The molecule has 1 aliphatic heterocycles. The van der Waals surface area contributed by atoms with E-state index >= 15 is 0 Å². The van der Waals surface area contributed by atoms with Crippen molar-refractivity contribution in [1.29, 1.82) is 0 Å². The Morgan fingerprint density at radius 1 is 1.64 bits per heavy atom. The van der Waals surface area contributed by atoms with Gasteiger partial charge in [-0.3, -0.25) is 4.68 Å². The minimum Gasteiger partial charge on any atom is -0.316 e. The SMILES string of the molecule is CCn1ncnc1CCC1CCNC1. The van der Waals surface area contributed by atoms with Crippen molar-refractivity contribution < 1.29 is 0 Å². The van der Waals surface area contributed by atoms with Crippen LogP contribution in [0.15, 0.2) is 6.33 Å². The van der Waals surface area contributed by atoms with E-state index in [-0.39, 0.29) is 0 Å². The molecule has 1 aromatic heterocycles. The largest absolute Gasteiger partial charge is 0.316 e. The second-order valence-electron chi connectivity index (χ2n) is 3.89. The fourth-order valence-corrected chi connectivity index (χ4v) is 2.04. The van der Waals surface area contributed by atoms with Gasteiger partial charge in [0.1, 0.15) is 12.2 Å². The van der Waals surface area contributed by atoms with Crippen molar-refractivity contribution in [3.8, 4) is 0 Å². The van der Waals surface area contributed by atoms with Crippen molar-refractivity contribution in [1.82, 2.24) is 20.1 Å². The predicted octanol–water partition coefficient (Wildman–Crippen LogP) is 0.840. The van der Waals surface area contributed by atoms with E-state index in [1.807, 2.05) is 4.68 Å². The maximum Gasteiger partial charge on any atom is 0.138 e. The summed E-state index contributed by atoms with van der Waals surface area (Å²) in [6, 6.07) is 0. The molecular formula is C10H18N4. The smallest absolute Gasteiger partial charge is 0.138 e. The van der Waals surface area contributed by atoms with Gasteiger partial charge in [-0.25, -0.2) is 4.98 Å². The Kier molecular flexibility index (Phi) is 3.14. The molecule has 2 heterocycles. The van der Waals surface area contributed by atoms with Gasteiger partial charge in [-0.15, -0.1) is 0 Å². The number of hydrogen-bond acceptors (Lipinski definition) is 3. The fraction of sp³-hybridized carbons (Fsp3) is 0.800. The van der Waals surface area contributed by atoms with Crippen LogP contribution in [0, 0.1) is 5.92 Å². The third kappa shape index (κ3) is 2.12. The Balaban J connectivity index is 1.84. The first-order chi connectivity index (χ1) is 6.90. The Morgan fingerprint density at radius 2 is 2.57 bits per heavy atom. The van der Waals surface area contributed by atoms with Gasteiger partial charge < -0.3 is 5.32 Å². The summed E-state index contributed by atoms with van der Waals surface area (Å²) in [7, 11) is 0. The molecule has 2 rings (SSSR count). The summed E-state index contributed by atoms with van der Waals surface area (Å²) in [5, 5.41) is 7.56. The van der Waals surface area contributed by atoms with Crippen LogP contribution in [0.1, 0.15) is 25.6 Å². The van der Waals surface area contributed by atoms with Crippen LogP contribution in [-0.4, -0.2) is 27.9 Å². The molecule has 0 spiro atoms. The Labute approximate surface area is 84.7 Å². The summed E-state index contributed by atoms with van der Waals surface area (Å²) < 4.78 is 1.99. The normalized spacial score (nSPS) is 21.6. The molecule has 0 amide bonds. The second kappa shape index (κ2) is 4.55. The third-order valence-electron chi connectivity index (χ3n) is 2.93. The van der Waals surface area contributed by atoms with E-state index in [1.54, 1.807) is 6.33 Å². The maximum atomic E-state index is 4.28. The van der Waals surface area contributed by atoms with Gasteiger partial charge >= 0.3 is 0 Å². The van der Waals surface area contributed by atoms with Crippen LogP contribution in [0.5, 0.6) is 0 Å². The van der Waals surface area contributed by atoms with E-state index in [0.717, 1.165) is 24.7 Å². The van der Waals surface area contributed by atoms with Crippen LogP contribution in [0.3, 0.4) is 0 Å². The molecule has 1 unspecified atom stereocenters. The molecule has 0 radical (unpaired) electrons. The van der Waals surface area contributed by atoms with E-state index in [9.17, 15) is 0 Å². The molecule has 1 atom stereocenters. The maximum absolute atomic E-state index is 4.28. The molecule has 1 N–H and O–H groups in total. The molecule has 1 aliphatic rings. The number of aromatic nitrogens is 3. The van der Waals surface area contributed by atoms with Crippen molar-refractivity contribution >= 4 is 0 Å². The highest BCUT2D eigenvalue weighted by atomic mass is 15.3. The van der Waals surface area contributed by atoms with Gasteiger partial charge in [0, 0.05) is 13.0 Å². The molecule has 4 nitrogen and oxygen atoms in total. The van der Waals surface area contributed by atoms with Crippen LogP contribution in [0.25, 0.3) is 0 Å². The monoisotopic (exact) mass is 194 g/mol. The number of rotatable bonds is 4. The van der Waals surface area contributed by atoms with Crippen molar-refractivity contribution in [2.45, 2.75) is 32.7 Å². The zero-order valence-corrected chi connectivity index (χ0v) is 8.74. The first kappa shape index (κ1) is 9.65. The van der Waals surface area contributed by atoms with Gasteiger partial charge in [-0.2, -0.15) is 5.10 Å². The van der Waals surface area contributed by atoms with E-state index in [0.29, 0.717) is 0 Å². The van der Waals surface area contributed by atoms with Gasteiger partial charge in [0.05, 0.1) is 0 Å². The van der Waals surface area contributed by atoms with E-state index < -0.39 is 0 Å². The molecule has 4 heteroatoms. The molecule has 78 valence electrons. The van der Waals surface area contributed by atoms with Gasteiger partial charge in [0.15, 0.2) is 0 Å². The molecule has 0 bridgehead atoms. The standard InChI is InChI=1S/C10H18N4/c1-2-14-10(12-8-13-14)4-3-9-5-6-11-7-9/h8-9,11H,2-7H2,1H3. The van der Waals surface area contributed by atoms with E-state index in [1.165, 1.54) is 25.9 Å². The van der Waals surface area contributed by atoms with E-state index in [4.69, 9.17) is 0 Å². The zero-order chi connectivity index (χ0) is 9.80. The first-order valence-electron chi connectivity index (χ1n) is 5.47. The van der Waals surface area contributed by atoms with E-state index in [2.05, 4.69) is 22.3 Å². The Bertz CT molecular complexity index is 275. The molecule has 1 fully saturated rings. The first-order valence-corrected chi connectivity index (χ1v) is 5.47. The van der Waals surface area contributed by atoms with Crippen LogP contribution < -0.4 is 5.32 Å². The predicted molar refractivity (Wildman–Crippen MR) is 55.0 cm³/mol.